The van der Waals surface area contributed by atoms with E-state index in [9.17, 15) is 8.78 Å². The van der Waals surface area contributed by atoms with E-state index in [4.69, 9.17) is 0 Å². The minimum absolute atomic E-state index is 0.319. The standard InChI is InChI=1S/C21H22F2N4/c1-26-13-18(15-6-3-2-4-7-15)17-8-5-9-20(19(17)14-26)24-12-16-10-11-27(25-16)21(22)23/h2-11,18,21,24H,12-14H2,1H3. The van der Waals surface area contributed by atoms with E-state index in [1.165, 1.54) is 22.9 Å². The third-order valence-corrected chi connectivity index (χ3v) is 5.04. The Bertz CT molecular complexity index is 908. The van der Waals surface area contributed by atoms with Crippen LogP contribution in [0.3, 0.4) is 0 Å². The van der Waals surface area contributed by atoms with E-state index in [2.05, 4.69) is 58.8 Å². The molecule has 1 atom stereocenters. The summed E-state index contributed by atoms with van der Waals surface area (Å²) >= 11 is 0. The maximum absolute atomic E-state index is 12.7. The summed E-state index contributed by atoms with van der Waals surface area (Å²) in [6, 6.07) is 18.4. The van der Waals surface area contributed by atoms with Crippen molar-refractivity contribution in [3.05, 3.63) is 83.2 Å². The van der Waals surface area contributed by atoms with Gasteiger partial charge in [-0.25, -0.2) is 4.68 Å². The van der Waals surface area contributed by atoms with Gasteiger partial charge in [0.15, 0.2) is 0 Å². The molecule has 1 N–H and O–H groups in total. The number of hydrogen-bond donors (Lipinski definition) is 1. The number of fused-ring (bicyclic) bond motifs is 1. The molecule has 0 spiro atoms. The Hall–Kier alpha value is -2.73. The van der Waals surface area contributed by atoms with Gasteiger partial charge in [-0.15, -0.1) is 0 Å². The van der Waals surface area contributed by atoms with E-state index in [1.54, 1.807) is 6.07 Å². The Morgan fingerprint density at radius 3 is 2.67 bits per heavy atom. The average Bonchev–Trinajstić information content (AvgIpc) is 3.16. The summed E-state index contributed by atoms with van der Waals surface area (Å²) in [5.41, 5.74) is 5.51. The molecule has 2 heterocycles. The van der Waals surface area contributed by atoms with Gasteiger partial charge in [0, 0.05) is 30.9 Å². The Balaban J connectivity index is 1.60. The van der Waals surface area contributed by atoms with Crippen molar-refractivity contribution >= 4 is 5.69 Å². The minimum atomic E-state index is -2.61. The molecule has 3 aromatic rings. The van der Waals surface area contributed by atoms with Gasteiger partial charge >= 0.3 is 6.55 Å². The molecule has 6 heteroatoms. The first-order valence-electron chi connectivity index (χ1n) is 9.03. The lowest BCUT2D eigenvalue weighted by Crippen LogP contribution is -2.31. The monoisotopic (exact) mass is 368 g/mol. The minimum Gasteiger partial charge on any atom is -0.379 e. The molecule has 0 aliphatic carbocycles. The zero-order valence-electron chi connectivity index (χ0n) is 15.1. The number of halogens is 2. The first-order valence-corrected chi connectivity index (χ1v) is 9.03. The first-order chi connectivity index (χ1) is 13.1. The smallest absolute Gasteiger partial charge is 0.333 e. The van der Waals surface area contributed by atoms with E-state index < -0.39 is 6.55 Å². The summed E-state index contributed by atoms with van der Waals surface area (Å²) in [7, 11) is 2.12. The first kappa shape index (κ1) is 17.7. The van der Waals surface area contributed by atoms with Gasteiger partial charge in [0.25, 0.3) is 0 Å². The fourth-order valence-corrected chi connectivity index (χ4v) is 3.75. The second kappa shape index (κ2) is 7.48. The highest BCUT2D eigenvalue weighted by Gasteiger charge is 2.26. The van der Waals surface area contributed by atoms with Gasteiger partial charge in [-0.05, 0) is 35.9 Å². The predicted molar refractivity (Wildman–Crippen MR) is 102 cm³/mol. The maximum atomic E-state index is 12.7. The number of hydrogen-bond acceptors (Lipinski definition) is 3. The van der Waals surface area contributed by atoms with Gasteiger partial charge < -0.3 is 10.2 Å². The lowest BCUT2D eigenvalue weighted by atomic mass is 9.84. The number of anilines is 1. The van der Waals surface area contributed by atoms with Crippen LogP contribution in [0, 0.1) is 0 Å². The SMILES string of the molecule is CN1Cc2c(NCc3ccn(C(F)F)n3)cccc2C(c2ccccc2)C1. The molecule has 4 nitrogen and oxygen atoms in total. The van der Waals surface area contributed by atoms with Crippen molar-refractivity contribution in [2.24, 2.45) is 0 Å². The number of likely N-dealkylation sites (N-methyl/N-ethyl adjacent to an activating group) is 1. The quantitative estimate of drug-likeness (QED) is 0.721. The van der Waals surface area contributed by atoms with Crippen molar-refractivity contribution < 1.29 is 8.78 Å². The number of benzene rings is 2. The molecular weight excluding hydrogens is 346 g/mol. The van der Waals surface area contributed by atoms with Crippen LogP contribution in [-0.4, -0.2) is 28.3 Å². The molecule has 1 aromatic heterocycles. The van der Waals surface area contributed by atoms with Crippen LogP contribution in [-0.2, 0) is 13.1 Å². The Morgan fingerprint density at radius 2 is 1.93 bits per heavy atom. The molecule has 4 rings (SSSR count). The second-order valence-electron chi connectivity index (χ2n) is 6.95. The second-order valence-corrected chi connectivity index (χ2v) is 6.95. The summed E-state index contributed by atoms with van der Waals surface area (Å²) < 4.78 is 26.1. The molecule has 0 amide bonds. The molecule has 0 fully saturated rings. The normalized spacial score (nSPS) is 17.1. The van der Waals surface area contributed by atoms with Crippen molar-refractivity contribution in [3.63, 3.8) is 0 Å². The number of rotatable bonds is 5. The van der Waals surface area contributed by atoms with Crippen molar-refractivity contribution in [3.8, 4) is 0 Å². The molecule has 1 aliphatic rings. The highest BCUT2D eigenvalue weighted by molar-refractivity contribution is 5.58. The Morgan fingerprint density at radius 1 is 1.11 bits per heavy atom. The van der Waals surface area contributed by atoms with Crippen LogP contribution in [0.5, 0.6) is 0 Å². The molecule has 0 radical (unpaired) electrons. The maximum Gasteiger partial charge on any atom is 0.333 e. The van der Waals surface area contributed by atoms with Crippen LogP contribution in [0.15, 0.2) is 60.8 Å². The summed E-state index contributed by atoms with van der Waals surface area (Å²) in [6.07, 6.45) is 1.31. The van der Waals surface area contributed by atoms with Crippen molar-refractivity contribution in [2.45, 2.75) is 25.6 Å². The van der Waals surface area contributed by atoms with Crippen molar-refractivity contribution in [2.75, 3.05) is 18.9 Å². The van der Waals surface area contributed by atoms with E-state index in [0.29, 0.717) is 22.8 Å². The van der Waals surface area contributed by atoms with Crippen LogP contribution in [0.4, 0.5) is 14.5 Å². The summed E-state index contributed by atoms with van der Waals surface area (Å²) in [4.78, 5) is 2.32. The number of alkyl halides is 2. The van der Waals surface area contributed by atoms with Gasteiger partial charge in [-0.2, -0.15) is 13.9 Å². The number of nitrogens with one attached hydrogen (secondary N) is 1. The zero-order valence-corrected chi connectivity index (χ0v) is 15.1. The average molecular weight is 368 g/mol. The fourth-order valence-electron chi connectivity index (χ4n) is 3.75. The van der Waals surface area contributed by atoms with Crippen LogP contribution in [0.2, 0.25) is 0 Å². The summed E-state index contributed by atoms with van der Waals surface area (Å²) in [5.74, 6) is 0.319. The molecule has 1 unspecified atom stereocenters. The predicted octanol–water partition coefficient (Wildman–Crippen LogP) is 4.47. The van der Waals surface area contributed by atoms with E-state index in [-0.39, 0.29) is 0 Å². The molecule has 0 saturated carbocycles. The molecular formula is C21H22F2N4. The molecule has 140 valence electrons. The third-order valence-electron chi connectivity index (χ3n) is 5.04. The molecule has 0 saturated heterocycles. The van der Waals surface area contributed by atoms with Gasteiger partial charge in [-0.3, -0.25) is 0 Å². The fraction of sp³-hybridized carbons (Fsp3) is 0.286. The lowest BCUT2D eigenvalue weighted by Gasteiger charge is -2.34. The van der Waals surface area contributed by atoms with E-state index in [0.717, 1.165) is 18.8 Å². The van der Waals surface area contributed by atoms with Crippen LogP contribution < -0.4 is 5.32 Å². The van der Waals surface area contributed by atoms with Crippen LogP contribution in [0.25, 0.3) is 0 Å². The highest BCUT2D eigenvalue weighted by atomic mass is 19.3. The Labute approximate surface area is 157 Å². The third kappa shape index (κ3) is 3.71. The number of aromatic nitrogens is 2. The van der Waals surface area contributed by atoms with Crippen molar-refractivity contribution in [1.29, 1.82) is 0 Å². The van der Waals surface area contributed by atoms with Gasteiger partial charge in [-0.1, -0.05) is 42.5 Å². The molecule has 1 aliphatic heterocycles. The molecule has 2 aromatic carbocycles. The molecule has 27 heavy (non-hydrogen) atoms. The lowest BCUT2D eigenvalue weighted by molar-refractivity contribution is 0.0562. The largest absolute Gasteiger partial charge is 0.379 e. The topological polar surface area (TPSA) is 33.1 Å². The van der Waals surface area contributed by atoms with Crippen molar-refractivity contribution in [1.82, 2.24) is 14.7 Å². The van der Waals surface area contributed by atoms with Gasteiger partial charge in [0.2, 0.25) is 0 Å². The van der Waals surface area contributed by atoms with Gasteiger partial charge in [0.05, 0.1) is 12.2 Å². The van der Waals surface area contributed by atoms with Crippen LogP contribution >= 0.6 is 0 Å². The summed E-state index contributed by atoms with van der Waals surface area (Å²) in [6.45, 7) is -0.369. The zero-order chi connectivity index (χ0) is 18.8. The highest BCUT2D eigenvalue weighted by Crippen LogP contribution is 2.36. The van der Waals surface area contributed by atoms with Crippen LogP contribution in [0.1, 0.15) is 34.9 Å². The summed E-state index contributed by atoms with van der Waals surface area (Å²) in [5, 5.41) is 7.29. The number of nitrogens with zero attached hydrogens (tertiary/aromatic N) is 3. The van der Waals surface area contributed by atoms with Gasteiger partial charge in [0.1, 0.15) is 0 Å². The van der Waals surface area contributed by atoms with E-state index in [1.807, 2.05) is 12.1 Å². The molecule has 0 bridgehead atoms. The van der Waals surface area contributed by atoms with E-state index >= 15 is 0 Å². The Kier molecular flexibility index (Phi) is 4.90.